The molecule has 0 aliphatic carbocycles. The maximum absolute atomic E-state index is 11.9. The third-order valence-electron chi connectivity index (χ3n) is 2.68. The monoisotopic (exact) mass is 314 g/mol. The molecule has 0 saturated carbocycles. The summed E-state index contributed by atoms with van der Waals surface area (Å²) in [6.45, 7) is 0.261. The third kappa shape index (κ3) is 4.42. The first-order chi connectivity index (χ1) is 8.72. The maximum atomic E-state index is 11.9. The standard InChI is InChI=1S/C12H19AsN2O3/c14-6-10(11(7-16)13-15)12(17)18-8-9-4-2-1-3-5-9/h1-5,10-11,13,16H,6-8,14-15H2/t10?,11-/m1/s1. The normalized spacial score (nSPS) is 14.6. The first-order valence-electron chi connectivity index (χ1n) is 5.70. The fourth-order valence-corrected chi connectivity index (χ4v) is 2.84. The number of esters is 1. The van der Waals surface area contributed by atoms with Crippen LogP contribution >= 0.6 is 0 Å². The van der Waals surface area contributed by atoms with Crippen LogP contribution < -0.4 is 10.4 Å². The Labute approximate surface area is 113 Å². The number of hydrogen-bond acceptors (Lipinski definition) is 5. The summed E-state index contributed by atoms with van der Waals surface area (Å²) in [5.41, 5.74) is 6.47. The fourth-order valence-electron chi connectivity index (χ4n) is 1.56. The van der Waals surface area contributed by atoms with Crippen LogP contribution in [0.3, 0.4) is 0 Å². The van der Waals surface area contributed by atoms with Crippen LogP contribution in [0.15, 0.2) is 30.3 Å². The summed E-state index contributed by atoms with van der Waals surface area (Å²) in [6.07, 6.45) is 0. The summed E-state index contributed by atoms with van der Waals surface area (Å²) in [7, 11) is 0. The molecule has 0 heterocycles. The summed E-state index contributed by atoms with van der Waals surface area (Å²) in [6, 6.07) is 9.42. The number of nitrogens with two attached hydrogens (primary N) is 2. The van der Waals surface area contributed by atoms with Gasteiger partial charge < -0.3 is 0 Å². The molecule has 3 atom stereocenters. The third-order valence-corrected chi connectivity index (χ3v) is 4.80. The minimum absolute atomic E-state index is 0.112. The van der Waals surface area contributed by atoms with Crippen molar-refractivity contribution in [2.24, 2.45) is 16.3 Å². The second-order valence-electron chi connectivity index (χ2n) is 3.89. The van der Waals surface area contributed by atoms with Crippen LogP contribution in [0.1, 0.15) is 5.56 Å². The van der Waals surface area contributed by atoms with Gasteiger partial charge in [-0.05, 0) is 0 Å². The van der Waals surface area contributed by atoms with Gasteiger partial charge in [-0.2, -0.15) is 0 Å². The van der Waals surface area contributed by atoms with E-state index in [2.05, 4.69) is 0 Å². The molecular weight excluding hydrogens is 295 g/mol. The van der Waals surface area contributed by atoms with Crippen molar-refractivity contribution in [3.8, 4) is 0 Å². The van der Waals surface area contributed by atoms with Gasteiger partial charge in [0, 0.05) is 0 Å². The van der Waals surface area contributed by atoms with Crippen molar-refractivity contribution in [3.05, 3.63) is 35.9 Å². The molecule has 0 amide bonds. The number of carbonyl (C=O) groups is 1. The number of ether oxygens (including phenoxy) is 1. The molecule has 0 aliphatic heterocycles. The quantitative estimate of drug-likeness (QED) is 0.461. The van der Waals surface area contributed by atoms with Gasteiger partial charge >= 0.3 is 113 Å². The minimum atomic E-state index is -0.865. The van der Waals surface area contributed by atoms with Crippen LogP contribution in [-0.4, -0.2) is 40.2 Å². The van der Waals surface area contributed by atoms with Crippen LogP contribution in [0.25, 0.3) is 0 Å². The van der Waals surface area contributed by atoms with Gasteiger partial charge in [0.05, 0.1) is 0 Å². The molecule has 0 spiro atoms. The van der Waals surface area contributed by atoms with E-state index in [0.717, 1.165) is 5.56 Å². The van der Waals surface area contributed by atoms with Gasteiger partial charge in [0.2, 0.25) is 0 Å². The van der Waals surface area contributed by atoms with Gasteiger partial charge in [-0.1, -0.05) is 0 Å². The Morgan fingerprint density at radius 2 is 2.06 bits per heavy atom. The molecule has 1 aromatic rings. The Kier molecular flexibility index (Phi) is 6.98. The van der Waals surface area contributed by atoms with Crippen LogP contribution in [0.4, 0.5) is 0 Å². The zero-order chi connectivity index (χ0) is 13.4. The first kappa shape index (κ1) is 15.2. The molecule has 0 aromatic heterocycles. The Balaban J connectivity index is 2.52. The summed E-state index contributed by atoms with van der Waals surface area (Å²) >= 11 is -0.865. The number of aliphatic hydroxyl groups is 1. The van der Waals surface area contributed by atoms with E-state index in [1.165, 1.54) is 0 Å². The van der Waals surface area contributed by atoms with Crippen molar-refractivity contribution in [1.82, 2.24) is 0 Å². The number of rotatable bonds is 7. The summed E-state index contributed by atoms with van der Waals surface area (Å²) < 4.78 is 10.6. The summed E-state index contributed by atoms with van der Waals surface area (Å²) in [4.78, 5) is 11.9. The van der Waals surface area contributed by atoms with Crippen molar-refractivity contribution in [3.63, 3.8) is 0 Å². The predicted molar refractivity (Wildman–Crippen MR) is 71.0 cm³/mol. The van der Waals surface area contributed by atoms with E-state index in [1.54, 1.807) is 0 Å². The fraction of sp³-hybridized carbons (Fsp3) is 0.417. The van der Waals surface area contributed by atoms with Gasteiger partial charge in [0.25, 0.3) is 0 Å². The molecule has 0 radical (unpaired) electrons. The van der Waals surface area contributed by atoms with Gasteiger partial charge in [-0.3, -0.25) is 0 Å². The van der Waals surface area contributed by atoms with E-state index in [1.807, 2.05) is 30.3 Å². The molecule has 2 unspecified atom stereocenters. The second-order valence-corrected chi connectivity index (χ2v) is 6.15. The van der Waals surface area contributed by atoms with E-state index >= 15 is 0 Å². The Morgan fingerprint density at radius 1 is 1.39 bits per heavy atom. The Hall–Kier alpha value is -0.872. The van der Waals surface area contributed by atoms with E-state index in [0.29, 0.717) is 0 Å². The van der Waals surface area contributed by atoms with Crippen molar-refractivity contribution in [2.45, 2.75) is 11.3 Å². The molecule has 0 fully saturated rings. The topological polar surface area (TPSA) is 98.6 Å². The van der Waals surface area contributed by atoms with Crippen molar-refractivity contribution < 1.29 is 14.6 Å². The molecule has 0 bridgehead atoms. The molecule has 1 rings (SSSR count). The van der Waals surface area contributed by atoms with Crippen molar-refractivity contribution >= 4 is 21.9 Å². The molecular formula is C12H19AsN2O3. The predicted octanol–water partition coefficient (Wildman–Crippen LogP) is -0.604. The van der Waals surface area contributed by atoms with Crippen LogP contribution in [-0.2, 0) is 16.1 Å². The summed E-state index contributed by atoms with van der Waals surface area (Å²) in [5, 5.41) is 9.15. The average molecular weight is 314 g/mol. The molecule has 100 valence electrons. The molecule has 6 heteroatoms. The molecule has 5 nitrogen and oxygen atoms in total. The number of hydrogen-bond donors (Lipinski definition) is 3. The number of carbonyl (C=O) groups excluding carboxylic acids is 1. The zero-order valence-electron chi connectivity index (χ0n) is 10.1. The van der Waals surface area contributed by atoms with E-state index < -0.39 is 21.9 Å². The molecule has 0 saturated heterocycles. The first-order valence-corrected chi connectivity index (χ1v) is 8.12. The van der Waals surface area contributed by atoms with E-state index in [9.17, 15) is 4.79 Å². The molecule has 0 aliphatic rings. The van der Waals surface area contributed by atoms with Crippen LogP contribution in [0.5, 0.6) is 0 Å². The van der Waals surface area contributed by atoms with Crippen molar-refractivity contribution in [2.75, 3.05) is 13.2 Å². The average Bonchev–Trinajstić information content (AvgIpc) is 2.43. The summed E-state index contributed by atoms with van der Waals surface area (Å²) in [5.74, 6) is -0.877. The van der Waals surface area contributed by atoms with Crippen LogP contribution in [0, 0.1) is 5.92 Å². The SMILES string of the molecule is NCC(C(=O)OCc1ccccc1)[C@@H](CO)[AsH]N. The van der Waals surface area contributed by atoms with Gasteiger partial charge in [0.1, 0.15) is 0 Å². The molecule has 5 N–H and O–H groups in total. The second kappa shape index (κ2) is 8.27. The Bertz CT molecular complexity index is 358. The van der Waals surface area contributed by atoms with E-state index in [-0.39, 0.29) is 30.4 Å². The van der Waals surface area contributed by atoms with Crippen molar-refractivity contribution in [1.29, 1.82) is 0 Å². The van der Waals surface area contributed by atoms with E-state index in [4.69, 9.17) is 20.2 Å². The molecule has 1 aromatic carbocycles. The Morgan fingerprint density at radius 3 is 2.56 bits per heavy atom. The zero-order valence-corrected chi connectivity index (χ0v) is 12.2. The van der Waals surface area contributed by atoms with Gasteiger partial charge in [-0.25, -0.2) is 0 Å². The van der Waals surface area contributed by atoms with Gasteiger partial charge in [-0.15, -0.1) is 0 Å². The van der Waals surface area contributed by atoms with Crippen LogP contribution in [0.2, 0.25) is 4.71 Å². The number of benzene rings is 1. The number of aliphatic hydroxyl groups excluding tert-OH is 1. The van der Waals surface area contributed by atoms with Gasteiger partial charge in [0.15, 0.2) is 0 Å². The molecule has 18 heavy (non-hydrogen) atoms.